The quantitative estimate of drug-likeness (QED) is 0.281. The molecule has 6 nitrogen and oxygen atoms in total. The zero-order valence-electron chi connectivity index (χ0n) is 8.15. The number of hydrogen-bond acceptors (Lipinski definition) is 6. The lowest BCUT2D eigenvalue weighted by atomic mass is 10.2. The number of rotatable bonds is 8. The number of nitrogens with zero attached hydrogens (tertiary/aromatic N) is 2. The molecule has 0 aromatic heterocycles. The van der Waals surface area contributed by atoms with Crippen LogP contribution in [0.5, 0.6) is 0 Å². The van der Waals surface area contributed by atoms with Crippen molar-refractivity contribution in [2.24, 2.45) is 11.7 Å². The Hall–Kier alpha value is -0.240. The molecule has 0 fully saturated rings. The van der Waals surface area contributed by atoms with Crippen molar-refractivity contribution in [2.75, 3.05) is 20.2 Å². The molecular formula is C7H20N4O2. The zero-order valence-corrected chi connectivity index (χ0v) is 8.15. The average molecular weight is 192 g/mol. The molecule has 0 saturated carbocycles. The highest BCUT2D eigenvalue weighted by molar-refractivity contribution is 4.45. The van der Waals surface area contributed by atoms with Crippen LogP contribution >= 0.6 is 0 Å². The first kappa shape index (κ1) is 12.8. The third kappa shape index (κ3) is 8.10. The Labute approximate surface area is 78.9 Å². The van der Waals surface area contributed by atoms with Crippen molar-refractivity contribution in [1.82, 2.24) is 10.3 Å². The highest BCUT2D eigenvalue weighted by atomic mass is 16.6. The average Bonchev–Trinajstić information content (AvgIpc) is 2.10. The Morgan fingerprint density at radius 3 is 2.38 bits per heavy atom. The molecule has 0 aliphatic rings. The zero-order chi connectivity index (χ0) is 10.1. The van der Waals surface area contributed by atoms with Crippen LogP contribution in [0.2, 0.25) is 0 Å². The summed E-state index contributed by atoms with van der Waals surface area (Å²) in [7, 11) is 1.73. The molecule has 0 atom stereocenters. The van der Waals surface area contributed by atoms with Gasteiger partial charge in [0.25, 0.3) is 0 Å². The predicted octanol–water partition coefficient (Wildman–Crippen LogP) is -0.151. The number of nitrogens with two attached hydrogens (primary N) is 2. The second-order valence-corrected chi connectivity index (χ2v) is 2.99. The Bertz CT molecular complexity index is 113. The molecule has 0 aliphatic heterocycles. The van der Waals surface area contributed by atoms with E-state index in [2.05, 4.69) is 4.84 Å². The first-order valence-electron chi connectivity index (χ1n) is 4.45. The maximum Gasteiger partial charge on any atom is 0.0679 e. The molecule has 0 aromatic rings. The van der Waals surface area contributed by atoms with E-state index in [0.29, 0.717) is 11.9 Å². The fourth-order valence-corrected chi connectivity index (χ4v) is 0.982. The van der Waals surface area contributed by atoms with Crippen LogP contribution in [0.4, 0.5) is 0 Å². The molecular weight excluding hydrogens is 172 g/mol. The van der Waals surface area contributed by atoms with Crippen LogP contribution in [0.3, 0.4) is 0 Å². The van der Waals surface area contributed by atoms with Crippen molar-refractivity contribution < 1.29 is 10.0 Å². The van der Waals surface area contributed by atoms with E-state index in [0.717, 1.165) is 32.2 Å². The maximum atomic E-state index is 8.76. The van der Waals surface area contributed by atoms with Gasteiger partial charge < -0.3 is 4.84 Å². The molecule has 0 aliphatic carbocycles. The third-order valence-corrected chi connectivity index (χ3v) is 1.84. The van der Waals surface area contributed by atoms with Gasteiger partial charge in [0.15, 0.2) is 0 Å². The molecule has 0 saturated heterocycles. The van der Waals surface area contributed by atoms with Gasteiger partial charge in [-0.05, 0) is 12.8 Å². The fourth-order valence-electron chi connectivity index (χ4n) is 0.982. The van der Waals surface area contributed by atoms with Crippen LogP contribution in [0, 0.1) is 0 Å². The van der Waals surface area contributed by atoms with Crippen molar-refractivity contribution in [1.29, 1.82) is 0 Å². The van der Waals surface area contributed by atoms with E-state index in [1.54, 1.807) is 12.1 Å². The standard InChI is InChI=1S/C7H20N4O2/c1-10(11(8)12)6-4-2-3-5-7-13-9/h12H,2-9H2,1H3. The lowest BCUT2D eigenvalue weighted by molar-refractivity contribution is -0.239. The van der Waals surface area contributed by atoms with Gasteiger partial charge in [-0.25, -0.2) is 16.7 Å². The highest BCUT2D eigenvalue weighted by Gasteiger charge is 2.00. The molecule has 0 aromatic carbocycles. The van der Waals surface area contributed by atoms with Crippen LogP contribution < -0.4 is 11.7 Å². The smallest absolute Gasteiger partial charge is 0.0679 e. The van der Waals surface area contributed by atoms with Crippen molar-refractivity contribution in [3.63, 3.8) is 0 Å². The molecule has 0 bridgehead atoms. The largest absolute Gasteiger partial charge is 0.305 e. The minimum Gasteiger partial charge on any atom is -0.305 e. The van der Waals surface area contributed by atoms with Gasteiger partial charge in [0.05, 0.1) is 6.61 Å². The molecule has 0 spiro atoms. The Morgan fingerprint density at radius 2 is 1.85 bits per heavy atom. The van der Waals surface area contributed by atoms with Crippen molar-refractivity contribution >= 4 is 0 Å². The van der Waals surface area contributed by atoms with Crippen molar-refractivity contribution in [2.45, 2.75) is 25.7 Å². The Kier molecular flexibility index (Phi) is 8.21. The molecule has 5 N–H and O–H groups in total. The SMILES string of the molecule is CN(CCCCCCON)N(N)O. The Balaban J connectivity index is 3.07. The fraction of sp³-hybridized carbons (Fsp3) is 1.00. The van der Waals surface area contributed by atoms with E-state index in [4.69, 9.17) is 16.9 Å². The van der Waals surface area contributed by atoms with Gasteiger partial charge in [-0.15, -0.1) is 0 Å². The summed E-state index contributed by atoms with van der Waals surface area (Å²) in [5.41, 5.74) is 0. The van der Waals surface area contributed by atoms with Gasteiger partial charge in [0.1, 0.15) is 0 Å². The molecule has 0 rings (SSSR count). The second kappa shape index (κ2) is 8.36. The highest BCUT2D eigenvalue weighted by Crippen LogP contribution is 2.00. The maximum absolute atomic E-state index is 8.76. The molecule has 0 radical (unpaired) electrons. The van der Waals surface area contributed by atoms with Crippen molar-refractivity contribution in [3.05, 3.63) is 0 Å². The predicted molar refractivity (Wildman–Crippen MR) is 49.1 cm³/mol. The molecule has 0 heterocycles. The summed E-state index contributed by atoms with van der Waals surface area (Å²) in [4.78, 5) is 4.43. The van der Waals surface area contributed by atoms with Gasteiger partial charge in [0, 0.05) is 13.6 Å². The van der Waals surface area contributed by atoms with Crippen LogP contribution in [-0.2, 0) is 4.84 Å². The lowest BCUT2D eigenvalue weighted by Crippen LogP contribution is -2.42. The van der Waals surface area contributed by atoms with Crippen LogP contribution in [0.1, 0.15) is 25.7 Å². The monoisotopic (exact) mass is 192 g/mol. The van der Waals surface area contributed by atoms with E-state index in [1.165, 1.54) is 0 Å². The molecule has 13 heavy (non-hydrogen) atoms. The summed E-state index contributed by atoms with van der Waals surface area (Å²) >= 11 is 0. The van der Waals surface area contributed by atoms with Gasteiger partial charge in [0.2, 0.25) is 0 Å². The number of unbranched alkanes of at least 4 members (excludes halogenated alkanes) is 3. The molecule has 80 valence electrons. The van der Waals surface area contributed by atoms with Gasteiger partial charge in [-0.1, -0.05) is 18.1 Å². The van der Waals surface area contributed by atoms with Crippen LogP contribution in [-0.4, -0.2) is 35.7 Å². The van der Waals surface area contributed by atoms with E-state index in [-0.39, 0.29) is 0 Å². The van der Waals surface area contributed by atoms with E-state index in [9.17, 15) is 0 Å². The summed E-state index contributed by atoms with van der Waals surface area (Å²) in [6.07, 6.45) is 4.14. The van der Waals surface area contributed by atoms with Gasteiger partial charge in [-0.3, -0.25) is 5.21 Å². The van der Waals surface area contributed by atoms with Crippen molar-refractivity contribution in [3.8, 4) is 0 Å². The normalized spacial score (nSPS) is 11.5. The minimum absolute atomic E-state index is 0.600. The molecule has 6 heteroatoms. The van der Waals surface area contributed by atoms with E-state index < -0.39 is 0 Å². The number of hydrogen-bond donors (Lipinski definition) is 3. The first-order valence-corrected chi connectivity index (χ1v) is 4.45. The molecule has 0 amide bonds. The van der Waals surface area contributed by atoms with E-state index >= 15 is 0 Å². The van der Waals surface area contributed by atoms with Crippen LogP contribution in [0.25, 0.3) is 0 Å². The van der Waals surface area contributed by atoms with E-state index in [1.807, 2.05) is 0 Å². The third-order valence-electron chi connectivity index (χ3n) is 1.84. The summed E-state index contributed by atoms with van der Waals surface area (Å²) in [5, 5.41) is 10.9. The second-order valence-electron chi connectivity index (χ2n) is 2.99. The summed E-state index contributed by atoms with van der Waals surface area (Å²) < 4.78 is 0. The Morgan fingerprint density at radius 1 is 1.23 bits per heavy atom. The molecule has 0 unspecified atom stereocenters. The van der Waals surface area contributed by atoms with Gasteiger partial charge >= 0.3 is 0 Å². The summed E-state index contributed by atoms with van der Waals surface area (Å²) in [5.74, 6) is 9.94. The topological polar surface area (TPSA) is 88.0 Å². The van der Waals surface area contributed by atoms with Gasteiger partial charge in [-0.2, -0.15) is 0 Å². The number of hydrazine groups is 2. The minimum atomic E-state index is 0.600. The summed E-state index contributed by atoms with van der Waals surface area (Å²) in [6, 6.07) is 0. The summed E-state index contributed by atoms with van der Waals surface area (Å²) in [6.45, 7) is 1.36. The lowest BCUT2D eigenvalue weighted by Gasteiger charge is -2.20. The first-order chi connectivity index (χ1) is 6.18. The van der Waals surface area contributed by atoms with Crippen LogP contribution in [0.15, 0.2) is 0 Å².